The van der Waals surface area contributed by atoms with Crippen LogP contribution in [0, 0.1) is 0 Å². The molecule has 0 aromatic heterocycles. The monoisotopic (exact) mass is 302 g/mol. The summed E-state index contributed by atoms with van der Waals surface area (Å²) in [5.74, 6) is -0.207. The molecule has 1 heterocycles. The van der Waals surface area contributed by atoms with Crippen molar-refractivity contribution in [1.29, 1.82) is 0 Å². The summed E-state index contributed by atoms with van der Waals surface area (Å²) in [6.07, 6.45) is 8.13. The van der Waals surface area contributed by atoms with Crippen molar-refractivity contribution in [1.82, 2.24) is 5.32 Å². The second-order valence-electron chi connectivity index (χ2n) is 5.90. The molecule has 0 fully saturated rings. The average Bonchev–Trinajstić information content (AvgIpc) is 2.81. The number of rotatable bonds is 9. The van der Waals surface area contributed by atoms with Crippen molar-refractivity contribution in [3.05, 3.63) is 42.0 Å². The van der Waals surface area contributed by atoms with Crippen molar-refractivity contribution in [2.24, 2.45) is 0 Å². The highest BCUT2D eigenvalue weighted by atomic mass is 16.3. The predicted octanol–water partition coefficient (Wildman–Crippen LogP) is 3.20. The van der Waals surface area contributed by atoms with Crippen LogP contribution in [0.15, 0.2) is 42.0 Å². The van der Waals surface area contributed by atoms with Crippen molar-refractivity contribution in [2.45, 2.75) is 51.2 Å². The lowest BCUT2D eigenvalue weighted by atomic mass is 9.98. The molecule has 0 saturated carbocycles. The summed E-state index contributed by atoms with van der Waals surface area (Å²) >= 11 is 0. The number of carbonyl (C=O) groups excluding carboxylic acids is 1. The highest BCUT2D eigenvalue weighted by Crippen LogP contribution is 2.26. The molecule has 0 aliphatic carbocycles. The van der Waals surface area contributed by atoms with Crippen LogP contribution in [0.4, 0.5) is 5.69 Å². The minimum Gasteiger partial charge on any atom is -0.380 e. The Morgan fingerprint density at radius 1 is 1.14 bits per heavy atom. The number of unbranched alkanes of at least 4 members (excludes halogenated alkanes) is 4. The molecule has 0 saturated heterocycles. The molecule has 1 aliphatic heterocycles. The minimum atomic E-state index is -1.27. The SMILES string of the molecule is CCCCCCCC1=CC(=O)NC1(O)CNc1ccccc1. The molecule has 120 valence electrons. The van der Waals surface area contributed by atoms with Gasteiger partial charge >= 0.3 is 0 Å². The van der Waals surface area contributed by atoms with E-state index in [0.717, 1.165) is 30.5 Å². The predicted molar refractivity (Wildman–Crippen MR) is 89.5 cm³/mol. The van der Waals surface area contributed by atoms with Gasteiger partial charge in [0, 0.05) is 11.8 Å². The Kier molecular flexibility index (Phi) is 6.01. The van der Waals surface area contributed by atoms with E-state index in [-0.39, 0.29) is 12.5 Å². The van der Waals surface area contributed by atoms with Gasteiger partial charge in [-0.05, 0) is 30.5 Å². The highest BCUT2D eigenvalue weighted by Gasteiger charge is 2.37. The molecule has 4 nitrogen and oxygen atoms in total. The van der Waals surface area contributed by atoms with Crippen molar-refractivity contribution in [2.75, 3.05) is 11.9 Å². The van der Waals surface area contributed by atoms with Crippen LogP contribution < -0.4 is 10.6 Å². The highest BCUT2D eigenvalue weighted by molar-refractivity contribution is 5.92. The molecule has 4 heteroatoms. The summed E-state index contributed by atoms with van der Waals surface area (Å²) in [5.41, 5.74) is 0.453. The summed E-state index contributed by atoms with van der Waals surface area (Å²) in [4.78, 5) is 11.6. The Morgan fingerprint density at radius 3 is 2.59 bits per heavy atom. The summed E-state index contributed by atoms with van der Waals surface area (Å²) in [5, 5.41) is 16.6. The standard InChI is InChI=1S/C18H26N2O2/c1-2-3-4-5-7-10-15-13-17(21)20-18(15,22)14-19-16-11-8-6-9-12-16/h6,8-9,11-13,19,22H,2-5,7,10,14H2,1H3,(H,20,21). The lowest BCUT2D eigenvalue weighted by molar-refractivity contribution is -0.119. The Balaban J connectivity index is 1.87. The van der Waals surface area contributed by atoms with Crippen molar-refractivity contribution in [3.8, 4) is 0 Å². The number of anilines is 1. The largest absolute Gasteiger partial charge is 0.380 e. The summed E-state index contributed by atoms with van der Waals surface area (Å²) < 4.78 is 0. The normalized spacial score (nSPS) is 20.6. The number of carbonyl (C=O) groups is 1. The van der Waals surface area contributed by atoms with Crippen LogP contribution in [0.5, 0.6) is 0 Å². The van der Waals surface area contributed by atoms with Gasteiger partial charge in [0.25, 0.3) is 0 Å². The molecular weight excluding hydrogens is 276 g/mol. The molecule has 1 aromatic carbocycles. The first-order chi connectivity index (χ1) is 10.6. The lowest BCUT2D eigenvalue weighted by Gasteiger charge is -2.27. The molecule has 22 heavy (non-hydrogen) atoms. The number of amides is 1. The van der Waals surface area contributed by atoms with E-state index in [1.807, 2.05) is 30.3 Å². The van der Waals surface area contributed by atoms with Gasteiger partial charge in [0.15, 0.2) is 5.72 Å². The van der Waals surface area contributed by atoms with E-state index in [1.54, 1.807) is 6.08 Å². The number of hydrogen-bond donors (Lipinski definition) is 3. The van der Waals surface area contributed by atoms with Gasteiger partial charge in [0.2, 0.25) is 5.91 Å². The number of nitrogens with one attached hydrogen (secondary N) is 2. The fraction of sp³-hybridized carbons (Fsp3) is 0.500. The fourth-order valence-corrected chi connectivity index (χ4v) is 2.74. The maximum Gasteiger partial charge on any atom is 0.246 e. The molecule has 3 N–H and O–H groups in total. The van der Waals surface area contributed by atoms with Crippen LogP contribution in [-0.4, -0.2) is 23.3 Å². The molecule has 1 aromatic rings. The second kappa shape index (κ2) is 7.99. The Labute approximate surface area is 132 Å². The molecule has 1 amide bonds. The van der Waals surface area contributed by atoms with Crippen LogP contribution in [0.3, 0.4) is 0 Å². The quantitative estimate of drug-likeness (QED) is 0.614. The van der Waals surface area contributed by atoms with Crippen LogP contribution in [0.2, 0.25) is 0 Å². The van der Waals surface area contributed by atoms with Crippen LogP contribution in [0.25, 0.3) is 0 Å². The zero-order valence-corrected chi connectivity index (χ0v) is 13.3. The van der Waals surface area contributed by atoms with E-state index in [9.17, 15) is 9.90 Å². The van der Waals surface area contributed by atoms with Gasteiger partial charge in [-0.25, -0.2) is 0 Å². The first kappa shape index (κ1) is 16.6. The topological polar surface area (TPSA) is 61.4 Å². The van der Waals surface area contributed by atoms with Gasteiger partial charge in [0.1, 0.15) is 0 Å². The number of benzene rings is 1. The van der Waals surface area contributed by atoms with E-state index in [0.29, 0.717) is 0 Å². The van der Waals surface area contributed by atoms with E-state index in [2.05, 4.69) is 17.6 Å². The zero-order chi connectivity index (χ0) is 15.8. The van der Waals surface area contributed by atoms with Crippen LogP contribution in [0.1, 0.15) is 45.4 Å². The molecule has 0 spiro atoms. The van der Waals surface area contributed by atoms with Gasteiger partial charge in [-0.3, -0.25) is 4.79 Å². The first-order valence-corrected chi connectivity index (χ1v) is 8.18. The fourth-order valence-electron chi connectivity index (χ4n) is 2.74. The van der Waals surface area contributed by atoms with Gasteiger partial charge < -0.3 is 15.7 Å². The lowest BCUT2D eigenvalue weighted by Crippen LogP contribution is -2.50. The van der Waals surface area contributed by atoms with Gasteiger partial charge in [0.05, 0.1) is 6.54 Å². The van der Waals surface area contributed by atoms with Crippen molar-refractivity contribution < 1.29 is 9.90 Å². The number of para-hydroxylation sites is 1. The van der Waals surface area contributed by atoms with E-state index in [1.165, 1.54) is 19.3 Å². The first-order valence-electron chi connectivity index (χ1n) is 8.18. The summed E-state index contributed by atoms with van der Waals surface area (Å²) in [7, 11) is 0. The third-order valence-electron chi connectivity index (χ3n) is 4.04. The molecule has 1 aliphatic rings. The van der Waals surface area contributed by atoms with Crippen molar-refractivity contribution >= 4 is 11.6 Å². The molecule has 2 rings (SSSR count). The second-order valence-corrected chi connectivity index (χ2v) is 5.90. The van der Waals surface area contributed by atoms with Gasteiger partial charge in [-0.1, -0.05) is 50.8 Å². The van der Waals surface area contributed by atoms with E-state index in [4.69, 9.17) is 0 Å². The third-order valence-corrected chi connectivity index (χ3v) is 4.04. The number of hydrogen-bond acceptors (Lipinski definition) is 3. The van der Waals surface area contributed by atoms with E-state index >= 15 is 0 Å². The molecule has 1 atom stereocenters. The van der Waals surface area contributed by atoms with Crippen LogP contribution in [-0.2, 0) is 4.79 Å². The minimum absolute atomic E-state index is 0.207. The molecule has 0 radical (unpaired) electrons. The summed E-state index contributed by atoms with van der Waals surface area (Å²) in [6, 6.07) is 9.69. The maximum atomic E-state index is 11.6. The third kappa shape index (κ3) is 4.60. The van der Waals surface area contributed by atoms with Gasteiger partial charge in [-0.2, -0.15) is 0 Å². The maximum absolute atomic E-state index is 11.6. The Hall–Kier alpha value is -1.81. The van der Waals surface area contributed by atoms with E-state index < -0.39 is 5.72 Å². The molecular formula is C18H26N2O2. The average molecular weight is 302 g/mol. The molecule has 0 bridgehead atoms. The van der Waals surface area contributed by atoms with Crippen LogP contribution >= 0.6 is 0 Å². The van der Waals surface area contributed by atoms with Gasteiger partial charge in [-0.15, -0.1) is 0 Å². The Morgan fingerprint density at radius 2 is 1.86 bits per heavy atom. The summed E-state index contributed by atoms with van der Waals surface area (Å²) in [6.45, 7) is 2.47. The number of aliphatic hydroxyl groups is 1. The van der Waals surface area contributed by atoms with Crippen molar-refractivity contribution in [3.63, 3.8) is 0 Å². The smallest absolute Gasteiger partial charge is 0.246 e. The Bertz CT molecular complexity index is 513. The molecule has 1 unspecified atom stereocenters. The zero-order valence-electron chi connectivity index (χ0n) is 13.3.